The van der Waals surface area contributed by atoms with Crippen LogP contribution < -0.4 is 0 Å². The van der Waals surface area contributed by atoms with Crippen LogP contribution in [-0.2, 0) is 9.47 Å². The SMILES string of the molecule is CCCCOC(C)OCCC. The lowest BCUT2D eigenvalue weighted by Crippen LogP contribution is -2.14. The summed E-state index contributed by atoms with van der Waals surface area (Å²) in [6.07, 6.45) is 3.34. The third-order valence-corrected chi connectivity index (χ3v) is 1.41. The fourth-order valence-corrected chi connectivity index (χ4v) is 0.726. The summed E-state index contributed by atoms with van der Waals surface area (Å²) in [7, 11) is 0. The topological polar surface area (TPSA) is 18.5 Å². The Bertz CT molecular complexity index is 74.0. The average molecular weight is 160 g/mol. The molecule has 0 spiro atoms. The molecule has 0 amide bonds. The summed E-state index contributed by atoms with van der Waals surface area (Å²) in [5, 5.41) is 0. The summed E-state index contributed by atoms with van der Waals surface area (Å²) >= 11 is 0. The Morgan fingerprint density at radius 1 is 1.00 bits per heavy atom. The molecule has 0 saturated carbocycles. The number of ether oxygens (including phenoxy) is 2. The van der Waals surface area contributed by atoms with E-state index in [4.69, 9.17) is 9.47 Å². The molecule has 0 bridgehead atoms. The van der Waals surface area contributed by atoms with Crippen LogP contribution >= 0.6 is 0 Å². The van der Waals surface area contributed by atoms with Crippen LogP contribution in [-0.4, -0.2) is 19.5 Å². The lowest BCUT2D eigenvalue weighted by molar-refractivity contribution is -0.130. The molecular weight excluding hydrogens is 140 g/mol. The van der Waals surface area contributed by atoms with Gasteiger partial charge < -0.3 is 9.47 Å². The first-order chi connectivity index (χ1) is 5.31. The highest BCUT2D eigenvalue weighted by atomic mass is 16.7. The van der Waals surface area contributed by atoms with Crippen molar-refractivity contribution in [2.75, 3.05) is 13.2 Å². The van der Waals surface area contributed by atoms with E-state index in [1.165, 1.54) is 6.42 Å². The molecule has 0 heterocycles. The van der Waals surface area contributed by atoms with Gasteiger partial charge in [-0.05, 0) is 19.8 Å². The number of hydrogen-bond acceptors (Lipinski definition) is 2. The molecule has 11 heavy (non-hydrogen) atoms. The monoisotopic (exact) mass is 160 g/mol. The Morgan fingerprint density at radius 3 is 2.18 bits per heavy atom. The van der Waals surface area contributed by atoms with Crippen molar-refractivity contribution in [2.24, 2.45) is 0 Å². The number of rotatable bonds is 7. The minimum absolute atomic E-state index is 0.0264. The van der Waals surface area contributed by atoms with Crippen molar-refractivity contribution in [1.82, 2.24) is 0 Å². The smallest absolute Gasteiger partial charge is 0.154 e. The largest absolute Gasteiger partial charge is 0.353 e. The van der Waals surface area contributed by atoms with Gasteiger partial charge in [-0.15, -0.1) is 0 Å². The lowest BCUT2D eigenvalue weighted by atomic mass is 10.4. The van der Waals surface area contributed by atoms with Gasteiger partial charge in [-0.1, -0.05) is 20.3 Å². The van der Waals surface area contributed by atoms with Gasteiger partial charge >= 0.3 is 0 Å². The average Bonchev–Trinajstić information content (AvgIpc) is 2.01. The van der Waals surface area contributed by atoms with Gasteiger partial charge in [-0.2, -0.15) is 0 Å². The molecule has 0 saturated heterocycles. The van der Waals surface area contributed by atoms with Crippen LogP contribution in [0.2, 0.25) is 0 Å². The second kappa shape index (κ2) is 8.02. The van der Waals surface area contributed by atoms with E-state index in [-0.39, 0.29) is 6.29 Å². The van der Waals surface area contributed by atoms with Gasteiger partial charge in [0, 0.05) is 13.2 Å². The van der Waals surface area contributed by atoms with Crippen molar-refractivity contribution >= 4 is 0 Å². The van der Waals surface area contributed by atoms with E-state index in [1.54, 1.807) is 0 Å². The van der Waals surface area contributed by atoms with E-state index in [0.29, 0.717) is 0 Å². The first-order valence-electron chi connectivity index (χ1n) is 4.54. The number of hydrogen-bond donors (Lipinski definition) is 0. The van der Waals surface area contributed by atoms with Crippen molar-refractivity contribution in [1.29, 1.82) is 0 Å². The number of unbranched alkanes of at least 4 members (excludes halogenated alkanes) is 1. The van der Waals surface area contributed by atoms with Gasteiger partial charge in [-0.3, -0.25) is 0 Å². The normalized spacial score (nSPS) is 13.4. The van der Waals surface area contributed by atoms with Gasteiger partial charge in [0.2, 0.25) is 0 Å². The molecule has 0 aromatic carbocycles. The molecule has 0 aliphatic carbocycles. The lowest BCUT2D eigenvalue weighted by Gasteiger charge is -2.12. The van der Waals surface area contributed by atoms with Crippen molar-refractivity contribution in [3.8, 4) is 0 Å². The molecule has 0 rings (SSSR count). The summed E-state index contributed by atoms with van der Waals surface area (Å²) in [5.41, 5.74) is 0. The Kier molecular flexibility index (Phi) is 7.96. The van der Waals surface area contributed by atoms with E-state index in [2.05, 4.69) is 13.8 Å². The van der Waals surface area contributed by atoms with Crippen molar-refractivity contribution < 1.29 is 9.47 Å². The van der Waals surface area contributed by atoms with Gasteiger partial charge in [0.05, 0.1) is 0 Å². The fourth-order valence-electron chi connectivity index (χ4n) is 0.726. The Labute approximate surface area is 69.9 Å². The van der Waals surface area contributed by atoms with Gasteiger partial charge in [0.15, 0.2) is 6.29 Å². The van der Waals surface area contributed by atoms with Crippen molar-refractivity contribution in [3.63, 3.8) is 0 Å². The van der Waals surface area contributed by atoms with E-state index >= 15 is 0 Å². The molecule has 0 fully saturated rings. The van der Waals surface area contributed by atoms with Crippen LogP contribution in [0.15, 0.2) is 0 Å². The van der Waals surface area contributed by atoms with Gasteiger partial charge in [0.25, 0.3) is 0 Å². The molecular formula is C9H20O2. The maximum Gasteiger partial charge on any atom is 0.154 e. The zero-order valence-electron chi connectivity index (χ0n) is 7.93. The quantitative estimate of drug-likeness (QED) is 0.421. The summed E-state index contributed by atoms with van der Waals surface area (Å²) < 4.78 is 10.7. The van der Waals surface area contributed by atoms with E-state index in [1.807, 2.05) is 6.92 Å². The summed E-state index contributed by atoms with van der Waals surface area (Å²) in [6, 6.07) is 0. The molecule has 68 valence electrons. The van der Waals surface area contributed by atoms with Crippen LogP contribution in [0.1, 0.15) is 40.0 Å². The highest BCUT2D eigenvalue weighted by molar-refractivity contribution is 4.35. The molecule has 0 aliphatic rings. The minimum Gasteiger partial charge on any atom is -0.353 e. The summed E-state index contributed by atoms with van der Waals surface area (Å²) in [5.74, 6) is 0. The third-order valence-electron chi connectivity index (χ3n) is 1.41. The van der Waals surface area contributed by atoms with Crippen LogP contribution in [0, 0.1) is 0 Å². The Hall–Kier alpha value is -0.0800. The molecule has 1 unspecified atom stereocenters. The van der Waals surface area contributed by atoms with E-state index < -0.39 is 0 Å². The standard InChI is InChI=1S/C9H20O2/c1-4-6-8-11-9(3)10-7-5-2/h9H,4-8H2,1-3H3. The molecule has 2 nitrogen and oxygen atoms in total. The van der Waals surface area contributed by atoms with Crippen LogP contribution in [0.4, 0.5) is 0 Å². The predicted octanol–water partition coefficient (Wildman–Crippen LogP) is 2.58. The van der Waals surface area contributed by atoms with Crippen LogP contribution in [0.3, 0.4) is 0 Å². The molecule has 0 aromatic rings. The fraction of sp³-hybridized carbons (Fsp3) is 1.00. The van der Waals surface area contributed by atoms with E-state index in [0.717, 1.165) is 26.1 Å². The highest BCUT2D eigenvalue weighted by Gasteiger charge is 1.98. The van der Waals surface area contributed by atoms with Crippen molar-refractivity contribution in [2.45, 2.75) is 46.3 Å². The Balaban J connectivity index is 3.02. The van der Waals surface area contributed by atoms with Gasteiger partial charge in [-0.25, -0.2) is 0 Å². The molecule has 1 atom stereocenters. The highest BCUT2D eigenvalue weighted by Crippen LogP contribution is 1.97. The van der Waals surface area contributed by atoms with Gasteiger partial charge in [0.1, 0.15) is 0 Å². The summed E-state index contributed by atoms with van der Waals surface area (Å²) in [6.45, 7) is 7.82. The van der Waals surface area contributed by atoms with Crippen LogP contribution in [0.25, 0.3) is 0 Å². The summed E-state index contributed by atoms with van der Waals surface area (Å²) in [4.78, 5) is 0. The molecule has 0 radical (unpaired) electrons. The van der Waals surface area contributed by atoms with Crippen LogP contribution in [0.5, 0.6) is 0 Å². The maximum absolute atomic E-state index is 5.36. The predicted molar refractivity (Wildman–Crippen MR) is 46.6 cm³/mol. The molecule has 0 aromatic heterocycles. The first-order valence-corrected chi connectivity index (χ1v) is 4.54. The zero-order chi connectivity index (χ0) is 8.53. The third kappa shape index (κ3) is 7.82. The first kappa shape index (κ1) is 10.9. The minimum atomic E-state index is -0.0264. The second-order valence-corrected chi connectivity index (χ2v) is 2.66. The Morgan fingerprint density at radius 2 is 1.64 bits per heavy atom. The van der Waals surface area contributed by atoms with E-state index in [9.17, 15) is 0 Å². The zero-order valence-corrected chi connectivity index (χ0v) is 7.93. The molecule has 0 N–H and O–H groups in total. The maximum atomic E-state index is 5.36. The van der Waals surface area contributed by atoms with Crippen molar-refractivity contribution in [3.05, 3.63) is 0 Å². The second-order valence-electron chi connectivity index (χ2n) is 2.66. The molecule has 2 heteroatoms. The molecule has 0 aliphatic heterocycles.